The van der Waals surface area contributed by atoms with Crippen molar-refractivity contribution in [1.82, 2.24) is 9.78 Å². The van der Waals surface area contributed by atoms with Crippen LogP contribution in [0.4, 0.5) is 8.78 Å². The molecule has 220 valence electrons. The molecule has 0 radical (unpaired) electrons. The number of carbonyl (C=O) groups is 1. The van der Waals surface area contributed by atoms with Crippen LogP contribution in [0.3, 0.4) is 0 Å². The van der Waals surface area contributed by atoms with E-state index in [1.807, 2.05) is 91.0 Å². The summed E-state index contributed by atoms with van der Waals surface area (Å²) in [5.41, 5.74) is -0.0114. The topological polar surface area (TPSA) is 61.2 Å². The Labute approximate surface area is 260 Å². The maximum absolute atomic E-state index is 15.6. The number of esters is 1. The van der Waals surface area contributed by atoms with Crippen molar-refractivity contribution in [2.45, 2.75) is 6.54 Å². The van der Waals surface area contributed by atoms with E-state index in [1.165, 1.54) is 36.1 Å². The third-order valence-corrected chi connectivity index (χ3v) is 17.4. The van der Waals surface area contributed by atoms with Gasteiger partial charge in [0.25, 0.3) is 0 Å². The van der Waals surface area contributed by atoms with Crippen LogP contribution in [0.15, 0.2) is 132 Å². The van der Waals surface area contributed by atoms with Crippen LogP contribution in [0.1, 0.15) is 15.9 Å². The summed E-state index contributed by atoms with van der Waals surface area (Å²) in [4.78, 5) is 27.0. The molecule has 0 saturated heterocycles. The van der Waals surface area contributed by atoms with Crippen molar-refractivity contribution in [1.29, 1.82) is 0 Å². The van der Waals surface area contributed by atoms with Gasteiger partial charge in [-0.2, -0.15) is 0 Å². The SMILES string of the molecule is COC(=O)c1cc(Cn2nc(P(Br)(c3ccccc3)(c3ccccc3)c3ccccc3)c(=O)c3cccc(F)c32)ccc1F. The Morgan fingerprint density at radius 3 is 1.84 bits per heavy atom. The van der Waals surface area contributed by atoms with Crippen LogP contribution in [0.5, 0.6) is 0 Å². The number of nitrogens with zero attached hydrogens (tertiary/aromatic N) is 2. The molecule has 0 N–H and O–H groups in total. The van der Waals surface area contributed by atoms with Crippen LogP contribution in [0.2, 0.25) is 0 Å². The molecule has 0 bridgehead atoms. The number of fused-ring (bicyclic) bond motifs is 1. The van der Waals surface area contributed by atoms with E-state index in [4.69, 9.17) is 9.84 Å². The molecule has 0 saturated carbocycles. The normalized spacial score (nSPS) is 12.4. The van der Waals surface area contributed by atoms with Gasteiger partial charge in [-0.25, -0.2) is 0 Å². The van der Waals surface area contributed by atoms with E-state index < -0.39 is 28.3 Å². The molecule has 0 aliphatic carbocycles. The van der Waals surface area contributed by atoms with Crippen LogP contribution < -0.4 is 26.8 Å². The maximum atomic E-state index is 15.6. The van der Waals surface area contributed by atoms with Gasteiger partial charge in [0.05, 0.1) is 0 Å². The Hall–Kier alpha value is -4.52. The summed E-state index contributed by atoms with van der Waals surface area (Å²) >= 11 is 4.30. The van der Waals surface area contributed by atoms with Crippen molar-refractivity contribution >= 4 is 59.0 Å². The number of hydrogen-bond acceptors (Lipinski definition) is 4. The molecule has 9 heteroatoms. The second kappa shape index (κ2) is 11.5. The molecule has 6 rings (SSSR count). The van der Waals surface area contributed by atoms with E-state index in [-0.39, 0.29) is 28.4 Å². The molecule has 0 aliphatic heterocycles. The van der Waals surface area contributed by atoms with Crippen molar-refractivity contribution < 1.29 is 18.3 Å². The number of ether oxygens (including phenoxy) is 1. The quantitative estimate of drug-likeness (QED) is 0.155. The molecule has 1 aromatic heterocycles. The summed E-state index contributed by atoms with van der Waals surface area (Å²) in [7, 11) is 1.17. The first kappa shape index (κ1) is 29.5. The summed E-state index contributed by atoms with van der Waals surface area (Å²) in [6.07, 6.45) is 0. The number of hydrogen-bond donors (Lipinski definition) is 0. The molecule has 6 aromatic rings. The predicted molar refractivity (Wildman–Crippen MR) is 177 cm³/mol. The number of carbonyl (C=O) groups excluding carboxylic acids is 1. The number of para-hydroxylation sites is 1. The molecule has 0 spiro atoms. The van der Waals surface area contributed by atoms with Crippen molar-refractivity contribution in [3.05, 3.63) is 160 Å². The Morgan fingerprint density at radius 1 is 0.773 bits per heavy atom. The fourth-order valence-electron chi connectivity index (χ4n) is 5.73. The molecular weight excluding hydrogens is 645 g/mol. The first-order valence-corrected chi connectivity index (χ1v) is 18.0. The van der Waals surface area contributed by atoms with E-state index in [2.05, 4.69) is 15.5 Å². The Kier molecular flexibility index (Phi) is 7.74. The van der Waals surface area contributed by atoms with Gasteiger partial charge in [0.2, 0.25) is 0 Å². The van der Waals surface area contributed by atoms with Crippen molar-refractivity contribution in [2.75, 3.05) is 7.11 Å². The Bertz CT molecular complexity index is 1970. The fraction of sp³-hybridized carbons (Fsp3) is 0.0571. The van der Waals surface area contributed by atoms with Gasteiger partial charge in [0.15, 0.2) is 0 Å². The van der Waals surface area contributed by atoms with E-state index in [1.54, 1.807) is 6.07 Å². The molecule has 5 nitrogen and oxygen atoms in total. The standard InChI is InChI=1S/C35H26BrF2N2O3P/c1-43-35(42)29-22-24(20-21-30(29)37)23-40-32-28(18-11-19-31(32)38)33(41)34(39-40)44(36,25-12-5-2-6-13-25,26-14-7-3-8-15-26)27-16-9-4-10-17-27/h2-22H,23H2,1H3. The average molecular weight is 671 g/mol. The second-order valence-corrected chi connectivity index (χ2v) is 18.5. The van der Waals surface area contributed by atoms with Gasteiger partial charge in [-0.3, -0.25) is 0 Å². The summed E-state index contributed by atoms with van der Waals surface area (Å²) < 4.78 is 36.3. The van der Waals surface area contributed by atoms with Crippen molar-refractivity contribution in [3.63, 3.8) is 0 Å². The zero-order valence-corrected chi connectivity index (χ0v) is 26.0. The van der Waals surface area contributed by atoms with Crippen LogP contribution in [0.25, 0.3) is 10.9 Å². The zero-order valence-electron chi connectivity index (χ0n) is 23.5. The molecule has 0 atom stereocenters. The van der Waals surface area contributed by atoms with Crippen LogP contribution >= 0.6 is 20.8 Å². The minimum absolute atomic E-state index is 0.00284. The molecule has 0 unspecified atom stereocenters. The van der Waals surface area contributed by atoms with E-state index in [0.717, 1.165) is 22.0 Å². The summed E-state index contributed by atoms with van der Waals surface area (Å²) in [5, 5.41) is 3.55. The van der Waals surface area contributed by atoms with E-state index in [9.17, 15) is 14.0 Å². The van der Waals surface area contributed by atoms with E-state index in [0.29, 0.717) is 5.56 Å². The van der Waals surface area contributed by atoms with Gasteiger partial charge < -0.3 is 0 Å². The number of methoxy groups -OCH3 is 1. The van der Waals surface area contributed by atoms with Gasteiger partial charge in [-0.05, 0) is 0 Å². The molecule has 0 fully saturated rings. The molecule has 1 heterocycles. The molecule has 5 aromatic carbocycles. The van der Waals surface area contributed by atoms with E-state index >= 15 is 4.39 Å². The monoisotopic (exact) mass is 670 g/mol. The summed E-state index contributed by atoms with van der Waals surface area (Å²) in [6, 6.07) is 37.4. The van der Waals surface area contributed by atoms with Crippen molar-refractivity contribution in [3.8, 4) is 0 Å². The average Bonchev–Trinajstić information content (AvgIpc) is 3.07. The number of benzene rings is 5. The molecular formula is C35H26BrF2N2O3P. The van der Waals surface area contributed by atoms with Crippen LogP contribution in [-0.2, 0) is 11.3 Å². The first-order valence-electron chi connectivity index (χ1n) is 13.7. The van der Waals surface area contributed by atoms with Gasteiger partial charge in [-0.15, -0.1) is 0 Å². The van der Waals surface area contributed by atoms with Crippen molar-refractivity contribution in [2.24, 2.45) is 0 Å². The Balaban J connectivity index is 1.76. The van der Waals surface area contributed by atoms with Gasteiger partial charge in [-0.1, -0.05) is 0 Å². The fourth-order valence-corrected chi connectivity index (χ4v) is 13.2. The summed E-state index contributed by atoms with van der Waals surface area (Å²) in [5.74, 6) is -2.22. The minimum atomic E-state index is -4.10. The predicted octanol–water partition coefficient (Wildman–Crippen LogP) is 5.97. The second-order valence-electron chi connectivity index (χ2n) is 10.3. The Morgan fingerprint density at radius 2 is 1.32 bits per heavy atom. The number of rotatable bonds is 7. The van der Waals surface area contributed by atoms with Crippen LogP contribution in [0, 0.1) is 11.6 Å². The first-order chi connectivity index (χ1) is 21.3. The number of halogens is 3. The number of aromatic nitrogens is 2. The molecule has 44 heavy (non-hydrogen) atoms. The zero-order chi connectivity index (χ0) is 30.9. The van der Waals surface area contributed by atoms with Gasteiger partial charge >= 0.3 is 261 Å². The van der Waals surface area contributed by atoms with Gasteiger partial charge in [0.1, 0.15) is 0 Å². The third kappa shape index (κ3) is 4.57. The third-order valence-electron chi connectivity index (χ3n) is 7.80. The van der Waals surface area contributed by atoms with Gasteiger partial charge in [0, 0.05) is 0 Å². The summed E-state index contributed by atoms with van der Waals surface area (Å²) in [6.45, 7) is -0.0626. The van der Waals surface area contributed by atoms with Crippen LogP contribution in [-0.4, -0.2) is 22.9 Å². The molecule has 0 aliphatic rings. The molecule has 0 amide bonds.